The zero-order valence-corrected chi connectivity index (χ0v) is 11.3. The minimum Gasteiger partial charge on any atom is -0.252 e. The van der Waals surface area contributed by atoms with Crippen LogP contribution in [0.3, 0.4) is 0 Å². The van der Waals surface area contributed by atoms with Crippen molar-refractivity contribution in [3.63, 3.8) is 0 Å². The largest absolute Gasteiger partial charge is 0.433 e. The van der Waals surface area contributed by atoms with E-state index in [1.165, 1.54) is 6.21 Å². The Morgan fingerprint density at radius 2 is 1.83 bits per heavy atom. The van der Waals surface area contributed by atoms with Crippen LogP contribution < -0.4 is 0 Å². The molecule has 0 aliphatic heterocycles. The summed E-state index contributed by atoms with van der Waals surface area (Å²) in [5.74, 6) is 0. The van der Waals surface area contributed by atoms with E-state index in [9.17, 15) is 13.2 Å². The molecule has 0 aromatic carbocycles. The number of nitrogens with zero attached hydrogens (tertiary/aromatic N) is 1. The molecule has 0 radical (unpaired) electrons. The first kappa shape index (κ1) is 16.9. The number of rotatable bonds is 7. The first-order chi connectivity index (χ1) is 8.45. The Hall–Kier alpha value is -1.06. The lowest BCUT2D eigenvalue weighted by Gasteiger charge is -2.07. The van der Waals surface area contributed by atoms with E-state index >= 15 is 0 Å². The van der Waals surface area contributed by atoms with Gasteiger partial charge in [0, 0.05) is 6.21 Å². The molecule has 1 nitrogen and oxygen atoms in total. The highest BCUT2D eigenvalue weighted by Crippen LogP contribution is 2.27. The smallest absolute Gasteiger partial charge is 0.252 e. The zero-order chi connectivity index (χ0) is 14.0. The molecule has 0 heterocycles. The fourth-order valence-corrected chi connectivity index (χ4v) is 1.34. The lowest BCUT2D eigenvalue weighted by Crippen LogP contribution is -2.10. The van der Waals surface area contributed by atoms with Crippen molar-refractivity contribution in [1.82, 2.24) is 0 Å². The number of allylic oxidation sites excluding steroid dienone is 4. The maximum absolute atomic E-state index is 12.6. The minimum atomic E-state index is -4.37. The SMILES string of the molecule is C\C=C(/C=N/C(=C/CCC)C(F)(F)F)CCCC. The molecule has 0 N–H and O–H groups in total. The van der Waals surface area contributed by atoms with Gasteiger partial charge in [0.05, 0.1) is 0 Å². The third-order valence-electron chi connectivity index (χ3n) is 2.48. The van der Waals surface area contributed by atoms with Crippen LogP contribution in [-0.2, 0) is 0 Å². The van der Waals surface area contributed by atoms with Gasteiger partial charge in [-0.15, -0.1) is 0 Å². The molecular weight excluding hydrogens is 239 g/mol. The van der Waals surface area contributed by atoms with Crippen molar-refractivity contribution >= 4 is 6.21 Å². The van der Waals surface area contributed by atoms with Gasteiger partial charge >= 0.3 is 6.18 Å². The van der Waals surface area contributed by atoms with Gasteiger partial charge in [-0.05, 0) is 31.8 Å². The Kier molecular flexibility index (Phi) is 8.42. The van der Waals surface area contributed by atoms with E-state index in [-0.39, 0.29) is 0 Å². The summed E-state index contributed by atoms with van der Waals surface area (Å²) in [5.41, 5.74) is 0.0590. The van der Waals surface area contributed by atoms with E-state index in [2.05, 4.69) is 4.99 Å². The van der Waals surface area contributed by atoms with E-state index < -0.39 is 11.9 Å². The van der Waals surface area contributed by atoms with E-state index in [1.807, 2.05) is 26.8 Å². The Balaban J connectivity index is 4.76. The van der Waals surface area contributed by atoms with Crippen LogP contribution >= 0.6 is 0 Å². The lowest BCUT2D eigenvalue weighted by molar-refractivity contribution is -0.0925. The molecule has 0 aliphatic carbocycles. The molecule has 0 fully saturated rings. The number of unbranched alkanes of at least 4 members (excludes halogenated alkanes) is 2. The highest BCUT2D eigenvalue weighted by Gasteiger charge is 2.33. The first-order valence-electron chi connectivity index (χ1n) is 6.42. The van der Waals surface area contributed by atoms with Crippen LogP contribution in [0.2, 0.25) is 0 Å². The topological polar surface area (TPSA) is 12.4 Å². The first-order valence-corrected chi connectivity index (χ1v) is 6.42. The fraction of sp³-hybridized carbons (Fsp3) is 0.643. The predicted molar refractivity (Wildman–Crippen MR) is 70.8 cm³/mol. The van der Waals surface area contributed by atoms with Gasteiger partial charge in [-0.1, -0.05) is 38.8 Å². The normalized spacial score (nSPS) is 14.6. The van der Waals surface area contributed by atoms with Gasteiger partial charge in [-0.25, -0.2) is 0 Å². The average Bonchev–Trinajstić information content (AvgIpc) is 2.31. The molecule has 0 saturated heterocycles. The van der Waals surface area contributed by atoms with Crippen molar-refractivity contribution in [3.8, 4) is 0 Å². The number of halogens is 3. The summed E-state index contributed by atoms with van der Waals surface area (Å²) in [5, 5.41) is 0. The fourth-order valence-electron chi connectivity index (χ4n) is 1.34. The van der Waals surface area contributed by atoms with Gasteiger partial charge in [0.25, 0.3) is 0 Å². The van der Waals surface area contributed by atoms with Gasteiger partial charge in [0.2, 0.25) is 0 Å². The zero-order valence-electron chi connectivity index (χ0n) is 11.3. The maximum atomic E-state index is 12.6. The summed E-state index contributed by atoms with van der Waals surface area (Å²) in [6.45, 7) is 5.71. The van der Waals surface area contributed by atoms with E-state index in [0.717, 1.165) is 30.9 Å². The predicted octanol–water partition coefficient (Wildman–Crippen LogP) is 5.44. The molecule has 0 atom stereocenters. The van der Waals surface area contributed by atoms with Gasteiger partial charge in [0.1, 0.15) is 5.70 Å². The van der Waals surface area contributed by atoms with Gasteiger partial charge in [-0.3, -0.25) is 4.99 Å². The molecular formula is C14H22F3N. The molecule has 0 rings (SSSR count). The van der Waals surface area contributed by atoms with Crippen LogP contribution in [0.5, 0.6) is 0 Å². The highest BCUT2D eigenvalue weighted by molar-refractivity contribution is 5.79. The Morgan fingerprint density at radius 3 is 2.28 bits per heavy atom. The van der Waals surface area contributed by atoms with Crippen molar-refractivity contribution in [2.75, 3.05) is 0 Å². The summed E-state index contributed by atoms with van der Waals surface area (Å²) in [6, 6.07) is 0. The van der Waals surface area contributed by atoms with Gasteiger partial charge in [0.15, 0.2) is 0 Å². The van der Waals surface area contributed by atoms with Crippen LogP contribution in [0.4, 0.5) is 13.2 Å². The summed E-state index contributed by atoms with van der Waals surface area (Å²) in [4.78, 5) is 3.60. The quantitative estimate of drug-likeness (QED) is 0.541. The lowest BCUT2D eigenvalue weighted by atomic mass is 10.1. The molecule has 0 unspecified atom stereocenters. The summed E-state index contributed by atoms with van der Waals surface area (Å²) >= 11 is 0. The Labute approximate surface area is 107 Å². The third-order valence-corrected chi connectivity index (χ3v) is 2.48. The van der Waals surface area contributed by atoms with E-state index in [1.54, 1.807) is 0 Å². The molecule has 0 aromatic rings. The average molecular weight is 261 g/mol. The second-order valence-corrected chi connectivity index (χ2v) is 4.10. The van der Waals surface area contributed by atoms with E-state index in [4.69, 9.17) is 0 Å². The van der Waals surface area contributed by atoms with Crippen LogP contribution in [0.1, 0.15) is 52.9 Å². The molecule has 0 bridgehead atoms. The van der Waals surface area contributed by atoms with Crippen molar-refractivity contribution in [3.05, 3.63) is 23.4 Å². The second kappa shape index (κ2) is 8.95. The number of hydrogen-bond acceptors (Lipinski definition) is 1. The summed E-state index contributed by atoms with van der Waals surface area (Å²) in [7, 11) is 0. The maximum Gasteiger partial charge on any atom is 0.433 e. The second-order valence-electron chi connectivity index (χ2n) is 4.10. The Morgan fingerprint density at radius 1 is 1.17 bits per heavy atom. The van der Waals surface area contributed by atoms with Crippen molar-refractivity contribution in [1.29, 1.82) is 0 Å². The van der Waals surface area contributed by atoms with Crippen LogP contribution in [0, 0.1) is 0 Å². The molecule has 104 valence electrons. The van der Waals surface area contributed by atoms with Crippen LogP contribution in [-0.4, -0.2) is 12.4 Å². The molecule has 0 amide bonds. The molecule has 0 spiro atoms. The molecule has 0 aromatic heterocycles. The van der Waals surface area contributed by atoms with Crippen molar-refractivity contribution in [2.45, 2.75) is 59.1 Å². The third kappa shape index (κ3) is 7.30. The molecule has 4 heteroatoms. The van der Waals surface area contributed by atoms with Crippen molar-refractivity contribution in [2.24, 2.45) is 4.99 Å². The summed E-state index contributed by atoms with van der Waals surface area (Å²) < 4.78 is 37.9. The van der Waals surface area contributed by atoms with Gasteiger partial charge in [-0.2, -0.15) is 13.2 Å². The number of aliphatic imine (C=N–C) groups is 1. The number of alkyl halides is 3. The summed E-state index contributed by atoms with van der Waals surface area (Å²) in [6.07, 6.45) is 3.77. The van der Waals surface area contributed by atoms with Crippen LogP contribution in [0.25, 0.3) is 0 Å². The van der Waals surface area contributed by atoms with E-state index in [0.29, 0.717) is 12.8 Å². The Bertz CT molecular complexity index is 311. The van der Waals surface area contributed by atoms with Gasteiger partial charge < -0.3 is 0 Å². The monoisotopic (exact) mass is 261 g/mol. The molecule has 0 aliphatic rings. The molecule has 0 saturated carbocycles. The standard InChI is InChI=1S/C14H22F3N/c1-4-7-9-12(6-3)11-18-13(10-8-5-2)14(15,16)17/h6,10-11H,4-5,7-9H2,1-3H3/b12-6-,13-10+,18-11+. The highest BCUT2D eigenvalue weighted by atomic mass is 19.4. The minimum absolute atomic E-state index is 0.395. The van der Waals surface area contributed by atoms with Crippen molar-refractivity contribution < 1.29 is 13.2 Å². The van der Waals surface area contributed by atoms with Crippen LogP contribution in [0.15, 0.2) is 28.4 Å². The number of hydrogen-bond donors (Lipinski definition) is 0. The molecule has 18 heavy (non-hydrogen) atoms.